The largest absolute Gasteiger partial charge is 0.504 e. The minimum atomic E-state index is -0.837. The first kappa shape index (κ1) is 15.8. The van der Waals surface area contributed by atoms with Gasteiger partial charge in [0.2, 0.25) is 11.5 Å². The predicted molar refractivity (Wildman–Crippen MR) is 84.7 cm³/mol. The van der Waals surface area contributed by atoms with Crippen LogP contribution in [0.3, 0.4) is 0 Å². The van der Waals surface area contributed by atoms with E-state index in [-0.39, 0.29) is 11.3 Å². The Morgan fingerprint density at radius 2 is 1.64 bits per heavy atom. The summed E-state index contributed by atoms with van der Waals surface area (Å²) in [7, 11) is 0. The van der Waals surface area contributed by atoms with Crippen molar-refractivity contribution in [3.05, 3.63) is 47.5 Å². The normalized spacial score (nSPS) is 11.0. The summed E-state index contributed by atoms with van der Waals surface area (Å²) in [4.78, 5) is 13.0. The summed E-state index contributed by atoms with van der Waals surface area (Å²) in [5, 5.41) is 37.8. The van der Waals surface area contributed by atoms with Crippen molar-refractivity contribution in [3.8, 4) is 23.0 Å². The van der Waals surface area contributed by atoms with Crippen LogP contribution in [0.5, 0.6) is 23.0 Å². The molecule has 2 aromatic carbocycles. The summed E-state index contributed by atoms with van der Waals surface area (Å²) in [5.74, 6) is -3.15. The van der Waals surface area contributed by atoms with Gasteiger partial charge >= 0.3 is 0 Å². The zero-order valence-electron chi connectivity index (χ0n) is 11.6. The third-order valence-corrected chi connectivity index (χ3v) is 3.79. The molecule has 4 N–H and O–H groups in total. The number of hydrogen-bond donors (Lipinski definition) is 4. The van der Waals surface area contributed by atoms with E-state index in [1.54, 1.807) is 23.9 Å². The van der Waals surface area contributed by atoms with Crippen molar-refractivity contribution in [2.24, 2.45) is 0 Å². The molecule has 0 amide bonds. The van der Waals surface area contributed by atoms with E-state index in [1.165, 1.54) is 12.2 Å². The van der Waals surface area contributed by atoms with Gasteiger partial charge in [-0.05, 0) is 48.7 Å². The van der Waals surface area contributed by atoms with E-state index >= 15 is 0 Å². The number of thioether (sulfide) groups is 1. The maximum absolute atomic E-state index is 12.0. The molecule has 0 aliphatic carbocycles. The summed E-state index contributed by atoms with van der Waals surface area (Å²) < 4.78 is 0. The highest BCUT2D eigenvalue weighted by atomic mass is 32.2. The second-order valence-electron chi connectivity index (χ2n) is 4.46. The van der Waals surface area contributed by atoms with Crippen LogP contribution in [0.25, 0.3) is 6.08 Å². The molecule has 22 heavy (non-hydrogen) atoms. The van der Waals surface area contributed by atoms with Crippen LogP contribution in [0.1, 0.15) is 15.9 Å². The average Bonchev–Trinajstić information content (AvgIpc) is 2.54. The van der Waals surface area contributed by atoms with Gasteiger partial charge < -0.3 is 20.4 Å². The predicted octanol–water partition coefficient (Wildman–Crippen LogP) is 3.13. The van der Waals surface area contributed by atoms with Crippen molar-refractivity contribution in [1.82, 2.24) is 0 Å². The first-order valence-corrected chi connectivity index (χ1v) is 7.50. The molecule has 0 heterocycles. The molecule has 0 fully saturated rings. The minimum Gasteiger partial charge on any atom is -0.504 e. The molecule has 2 aromatic rings. The lowest BCUT2D eigenvalue weighted by Gasteiger charge is -2.06. The highest BCUT2D eigenvalue weighted by Crippen LogP contribution is 2.44. The standard InChI is InChI=1S/C16H14O5S/c1-22-11-5-2-9(3-6-11)12(17)7-4-10-8-13(18)15(20)16(21)14(10)19/h2-8,18-21H,1H3. The van der Waals surface area contributed by atoms with Crippen LogP contribution in [0.4, 0.5) is 0 Å². The quantitative estimate of drug-likeness (QED) is 0.227. The number of rotatable bonds is 4. The number of carbonyl (C=O) groups excluding carboxylic acids is 1. The molecular formula is C16H14O5S. The molecule has 0 saturated carbocycles. The van der Waals surface area contributed by atoms with Crippen molar-refractivity contribution in [1.29, 1.82) is 0 Å². The van der Waals surface area contributed by atoms with Crippen LogP contribution in [0.15, 0.2) is 41.3 Å². The smallest absolute Gasteiger partial charge is 0.204 e. The number of phenolic OH excluding ortho intramolecular Hbond substituents is 4. The van der Waals surface area contributed by atoms with Crippen LogP contribution in [0, 0.1) is 0 Å². The van der Waals surface area contributed by atoms with E-state index in [2.05, 4.69) is 0 Å². The Morgan fingerprint density at radius 1 is 1.00 bits per heavy atom. The molecule has 0 aromatic heterocycles. The van der Waals surface area contributed by atoms with Gasteiger partial charge in [0.05, 0.1) is 0 Å². The highest BCUT2D eigenvalue weighted by molar-refractivity contribution is 7.98. The Kier molecular flexibility index (Phi) is 4.62. The number of hydrogen-bond acceptors (Lipinski definition) is 6. The lowest BCUT2D eigenvalue weighted by molar-refractivity contribution is 0.104. The van der Waals surface area contributed by atoms with Crippen LogP contribution in [0.2, 0.25) is 0 Å². The monoisotopic (exact) mass is 318 g/mol. The van der Waals surface area contributed by atoms with Gasteiger partial charge in [-0.3, -0.25) is 4.79 Å². The highest BCUT2D eigenvalue weighted by Gasteiger charge is 2.14. The van der Waals surface area contributed by atoms with Gasteiger partial charge in [0.25, 0.3) is 0 Å². The number of allylic oxidation sites excluding steroid dienone is 1. The lowest BCUT2D eigenvalue weighted by atomic mass is 10.1. The van der Waals surface area contributed by atoms with E-state index < -0.39 is 23.0 Å². The molecule has 5 nitrogen and oxygen atoms in total. The van der Waals surface area contributed by atoms with E-state index in [0.29, 0.717) is 5.56 Å². The molecule has 0 spiro atoms. The van der Waals surface area contributed by atoms with Gasteiger partial charge in [0, 0.05) is 16.0 Å². The Morgan fingerprint density at radius 3 is 2.23 bits per heavy atom. The number of phenols is 4. The molecule has 0 saturated heterocycles. The first-order chi connectivity index (χ1) is 10.4. The Bertz CT molecular complexity index is 735. The van der Waals surface area contributed by atoms with Gasteiger partial charge in [0.1, 0.15) is 0 Å². The van der Waals surface area contributed by atoms with E-state index in [0.717, 1.165) is 11.0 Å². The van der Waals surface area contributed by atoms with Gasteiger partial charge in [-0.15, -0.1) is 11.8 Å². The zero-order valence-corrected chi connectivity index (χ0v) is 12.5. The molecule has 0 radical (unpaired) electrons. The second kappa shape index (κ2) is 6.44. The molecule has 6 heteroatoms. The minimum absolute atomic E-state index is 0.0156. The van der Waals surface area contributed by atoms with Gasteiger partial charge in [-0.2, -0.15) is 0 Å². The summed E-state index contributed by atoms with van der Waals surface area (Å²) in [6, 6.07) is 8.06. The maximum atomic E-state index is 12.0. The SMILES string of the molecule is CSc1ccc(C(=O)C=Cc2cc(O)c(O)c(O)c2O)cc1. The Hall–Kier alpha value is -2.60. The van der Waals surface area contributed by atoms with Crippen LogP contribution in [-0.2, 0) is 0 Å². The van der Waals surface area contributed by atoms with E-state index in [1.807, 2.05) is 18.4 Å². The van der Waals surface area contributed by atoms with Gasteiger partial charge in [-0.25, -0.2) is 0 Å². The summed E-state index contributed by atoms with van der Waals surface area (Å²) >= 11 is 1.56. The van der Waals surface area contributed by atoms with Crippen molar-refractivity contribution in [3.63, 3.8) is 0 Å². The molecule has 2 rings (SSSR count). The Labute approximate surface area is 131 Å². The molecule has 114 valence electrons. The summed E-state index contributed by atoms with van der Waals surface area (Å²) in [5.41, 5.74) is 0.489. The van der Waals surface area contributed by atoms with Crippen molar-refractivity contribution < 1.29 is 25.2 Å². The fourth-order valence-electron chi connectivity index (χ4n) is 1.80. The van der Waals surface area contributed by atoms with Crippen molar-refractivity contribution in [2.45, 2.75) is 4.90 Å². The zero-order chi connectivity index (χ0) is 16.3. The lowest BCUT2D eigenvalue weighted by Crippen LogP contribution is -1.93. The number of ketones is 1. The number of carbonyl (C=O) groups is 1. The fourth-order valence-corrected chi connectivity index (χ4v) is 2.21. The molecule has 0 bridgehead atoms. The van der Waals surface area contributed by atoms with E-state index in [4.69, 9.17) is 0 Å². The van der Waals surface area contributed by atoms with Crippen LogP contribution >= 0.6 is 11.8 Å². The van der Waals surface area contributed by atoms with Crippen molar-refractivity contribution >= 4 is 23.6 Å². The topological polar surface area (TPSA) is 98.0 Å². The number of aromatic hydroxyl groups is 4. The van der Waals surface area contributed by atoms with Gasteiger partial charge in [-0.1, -0.05) is 0 Å². The maximum Gasteiger partial charge on any atom is 0.204 e. The Balaban J connectivity index is 2.26. The summed E-state index contributed by atoms with van der Waals surface area (Å²) in [6.45, 7) is 0. The summed E-state index contributed by atoms with van der Waals surface area (Å²) in [6.07, 6.45) is 4.39. The van der Waals surface area contributed by atoms with Crippen LogP contribution < -0.4 is 0 Å². The second-order valence-corrected chi connectivity index (χ2v) is 5.34. The van der Waals surface area contributed by atoms with E-state index in [9.17, 15) is 25.2 Å². The fraction of sp³-hybridized carbons (Fsp3) is 0.0625. The third kappa shape index (κ3) is 3.17. The molecule has 0 aliphatic rings. The average molecular weight is 318 g/mol. The third-order valence-electron chi connectivity index (χ3n) is 3.05. The van der Waals surface area contributed by atoms with Crippen LogP contribution in [-0.4, -0.2) is 32.5 Å². The molecule has 0 aliphatic heterocycles. The van der Waals surface area contributed by atoms with Gasteiger partial charge in [0.15, 0.2) is 17.3 Å². The molecular weight excluding hydrogens is 304 g/mol. The first-order valence-electron chi connectivity index (χ1n) is 6.27. The molecule has 0 atom stereocenters. The molecule has 0 unspecified atom stereocenters. The number of benzene rings is 2. The van der Waals surface area contributed by atoms with Crippen molar-refractivity contribution in [2.75, 3.05) is 6.26 Å².